The summed E-state index contributed by atoms with van der Waals surface area (Å²) < 4.78 is 0. The second kappa shape index (κ2) is 2.33. The van der Waals surface area contributed by atoms with E-state index in [0.29, 0.717) is 6.08 Å². The van der Waals surface area contributed by atoms with E-state index in [4.69, 9.17) is 14.7 Å². The molecule has 0 atom stereocenters. The highest BCUT2D eigenvalue weighted by Gasteiger charge is 2.39. The molecule has 5 heteroatoms. The third-order valence-corrected chi connectivity index (χ3v) is 1.24. The first-order valence-corrected chi connectivity index (χ1v) is 3.37. The van der Waals surface area contributed by atoms with Crippen LogP contribution in [-0.2, 0) is 4.79 Å². The third kappa shape index (κ3) is 2.14. The van der Waals surface area contributed by atoms with Crippen molar-refractivity contribution in [2.24, 2.45) is 0 Å². The highest BCUT2D eigenvalue weighted by molar-refractivity contribution is 7.76. The van der Waals surface area contributed by atoms with Crippen LogP contribution in [0.5, 0.6) is 0 Å². The minimum atomic E-state index is -4.26. The van der Waals surface area contributed by atoms with E-state index in [1.54, 1.807) is 0 Å². The molecule has 0 aromatic heterocycles. The summed E-state index contributed by atoms with van der Waals surface area (Å²) in [5, 5.41) is 0. The first kappa shape index (κ1) is 7.72. The Labute approximate surface area is 46.7 Å². The molecule has 0 heterocycles. The normalized spacial score (nSPS) is 10.9. The van der Waals surface area contributed by atoms with Crippen LogP contribution in [0.25, 0.3) is 0 Å². The van der Waals surface area contributed by atoms with E-state index in [9.17, 15) is 4.79 Å². The highest BCUT2D eigenvalue weighted by atomic mass is 31.2. The Morgan fingerprint density at radius 2 is 1.88 bits per heavy atom. The third-order valence-electron chi connectivity index (χ3n) is 0.470. The number of carbonyl (C=O) groups excluding carboxylic acids is 1. The molecule has 0 amide bonds. The first-order valence-electron chi connectivity index (χ1n) is 1.72. The summed E-state index contributed by atoms with van der Waals surface area (Å²) in [5.74, 6) is 0. The van der Waals surface area contributed by atoms with Crippen LogP contribution in [0, 0.1) is 0 Å². The van der Waals surface area contributed by atoms with Gasteiger partial charge in [-0.1, -0.05) is 6.58 Å². The molecule has 0 radical (unpaired) electrons. The van der Waals surface area contributed by atoms with E-state index in [2.05, 4.69) is 6.58 Å². The van der Waals surface area contributed by atoms with Gasteiger partial charge in [0.05, 0.1) is 0 Å². The average molecular weight is 137 g/mol. The van der Waals surface area contributed by atoms with E-state index in [1.165, 1.54) is 0 Å². The quantitative estimate of drug-likeness (QED) is 0.352. The van der Waals surface area contributed by atoms with Gasteiger partial charge in [-0.3, -0.25) is 0 Å². The Kier molecular flexibility index (Phi) is 2.25. The van der Waals surface area contributed by atoms with Crippen LogP contribution < -0.4 is 0 Å². The number of allylic oxidation sites excluding steroid dienone is 1. The molecule has 0 fully saturated rings. The van der Waals surface area contributed by atoms with Crippen molar-refractivity contribution in [3.8, 4) is 0 Å². The summed E-state index contributed by atoms with van der Waals surface area (Å²) >= 11 is 0. The van der Waals surface area contributed by atoms with Gasteiger partial charge in [0.25, 0.3) is 0 Å². The highest BCUT2D eigenvalue weighted by Crippen LogP contribution is 2.45. The molecule has 0 aliphatic carbocycles. The van der Waals surface area contributed by atoms with Crippen LogP contribution in [0.2, 0.25) is 0 Å². The van der Waals surface area contributed by atoms with Gasteiger partial charge in [0.1, 0.15) is 0 Å². The van der Waals surface area contributed by atoms with E-state index in [0.717, 1.165) is 0 Å². The van der Waals surface area contributed by atoms with Gasteiger partial charge in [-0.25, -0.2) is 4.79 Å². The second-order valence-corrected chi connectivity index (χ2v) is 2.69. The minimum Gasteiger partial charge on any atom is -0.238 e. The Hall–Kier alpha value is -0.280. The largest absolute Gasteiger partial charge is 0.483 e. The summed E-state index contributed by atoms with van der Waals surface area (Å²) in [6, 6.07) is 0. The molecule has 8 heavy (non-hydrogen) atoms. The van der Waals surface area contributed by atoms with Crippen LogP contribution in [0.15, 0.2) is 12.7 Å². The molecule has 0 bridgehead atoms. The van der Waals surface area contributed by atoms with E-state index >= 15 is 0 Å². The summed E-state index contributed by atoms with van der Waals surface area (Å²) in [7, 11) is -4.26. The van der Waals surface area contributed by atoms with Crippen LogP contribution in [0.4, 0.5) is 0 Å². The lowest BCUT2D eigenvalue weighted by Gasteiger charge is -1.93. The van der Waals surface area contributed by atoms with Crippen molar-refractivity contribution in [2.45, 2.75) is 0 Å². The molecule has 0 spiro atoms. The minimum absolute atomic E-state index is 0.660. The SMILES string of the molecule is C=CC(=O)[P+](O)(O)O. The van der Waals surface area contributed by atoms with Crippen molar-refractivity contribution in [1.29, 1.82) is 0 Å². The van der Waals surface area contributed by atoms with Gasteiger partial charge in [0.2, 0.25) is 0 Å². The summed E-state index contributed by atoms with van der Waals surface area (Å²) in [5.41, 5.74) is -1.13. The lowest BCUT2D eigenvalue weighted by Crippen LogP contribution is -1.99. The summed E-state index contributed by atoms with van der Waals surface area (Å²) in [6.07, 6.45) is 0.660. The fraction of sp³-hybridized carbons (Fsp3) is 0. The molecule has 0 saturated heterocycles. The topological polar surface area (TPSA) is 77.8 Å². The second-order valence-electron chi connectivity index (χ2n) is 1.11. The zero-order valence-electron chi connectivity index (χ0n) is 3.98. The zero-order valence-corrected chi connectivity index (χ0v) is 4.88. The predicted molar refractivity (Wildman–Crippen MR) is 28.8 cm³/mol. The average Bonchev–Trinajstić information content (AvgIpc) is 1.62. The van der Waals surface area contributed by atoms with Crippen LogP contribution >= 0.6 is 7.94 Å². The summed E-state index contributed by atoms with van der Waals surface area (Å²) in [4.78, 5) is 34.3. The molecule has 0 unspecified atom stereocenters. The molecule has 0 aliphatic rings. The smallest absolute Gasteiger partial charge is 0.238 e. The Morgan fingerprint density at radius 1 is 1.50 bits per heavy atom. The molecular weight excluding hydrogens is 131 g/mol. The first-order chi connectivity index (χ1) is 3.48. The number of carbonyl (C=O) groups is 1. The fourth-order valence-corrected chi connectivity index (χ4v) is 0.367. The number of hydrogen-bond acceptors (Lipinski definition) is 4. The maximum atomic E-state index is 10.0. The van der Waals surface area contributed by atoms with Gasteiger partial charge in [0, 0.05) is 6.08 Å². The Morgan fingerprint density at radius 3 is 1.88 bits per heavy atom. The monoisotopic (exact) mass is 137 g/mol. The van der Waals surface area contributed by atoms with Crippen LogP contribution in [0.1, 0.15) is 0 Å². The standard InChI is InChI=1S/C3H6O4P/c1-2-3(4)8(5,6)7/h2,5-7H,1H2/q+1. The zero-order chi connectivity index (χ0) is 6.78. The predicted octanol–water partition coefficient (Wildman–Crippen LogP) is -0.562. The van der Waals surface area contributed by atoms with Gasteiger partial charge >= 0.3 is 13.5 Å². The van der Waals surface area contributed by atoms with Gasteiger partial charge in [-0.2, -0.15) is 14.7 Å². The maximum absolute atomic E-state index is 10.0. The van der Waals surface area contributed by atoms with Crippen molar-refractivity contribution in [2.75, 3.05) is 0 Å². The van der Waals surface area contributed by atoms with Gasteiger partial charge in [-0.05, 0) is 0 Å². The lowest BCUT2D eigenvalue weighted by atomic mass is 10.7. The van der Waals surface area contributed by atoms with Crippen LogP contribution in [0.3, 0.4) is 0 Å². The molecule has 0 aromatic carbocycles. The van der Waals surface area contributed by atoms with Crippen molar-refractivity contribution >= 4 is 13.5 Å². The van der Waals surface area contributed by atoms with Gasteiger partial charge in [-0.15, -0.1) is 0 Å². The molecular formula is C3H6O4P+. The van der Waals surface area contributed by atoms with Crippen molar-refractivity contribution in [1.82, 2.24) is 0 Å². The Balaban J connectivity index is 4.02. The number of rotatable bonds is 2. The van der Waals surface area contributed by atoms with Crippen molar-refractivity contribution in [3.05, 3.63) is 12.7 Å². The lowest BCUT2D eigenvalue weighted by molar-refractivity contribution is -0.110. The summed E-state index contributed by atoms with van der Waals surface area (Å²) in [6.45, 7) is 2.93. The van der Waals surface area contributed by atoms with Crippen molar-refractivity contribution < 1.29 is 19.5 Å². The number of hydrogen-bond donors (Lipinski definition) is 3. The van der Waals surface area contributed by atoms with Crippen LogP contribution in [-0.4, -0.2) is 20.2 Å². The fourth-order valence-electron chi connectivity index (χ4n) is 0.122. The van der Waals surface area contributed by atoms with E-state index in [1.807, 2.05) is 0 Å². The molecule has 0 aromatic rings. The Bertz CT molecular complexity index is 113. The molecule has 46 valence electrons. The van der Waals surface area contributed by atoms with Gasteiger partial charge in [0.15, 0.2) is 0 Å². The molecule has 3 N–H and O–H groups in total. The van der Waals surface area contributed by atoms with E-state index < -0.39 is 13.5 Å². The van der Waals surface area contributed by atoms with Crippen molar-refractivity contribution in [3.63, 3.8) is 0 Å². The molecule has 4 nitrogen and oxygen atoms in total. The molecule has 0 aliphatic heterocycles. The molecule has 0 saturated carbocycles. The van der Waals surface area contributed by atoms with E-state index in [-0.39, 0.29) is 0 Å². The van der Waals surface area contributed by atoms with Gasteiger partial charge < -0.3 is 0 Å². The maximum Gasteiger partial charge on any atom is 0.483 e. The molecule has 0 rings (SSSR count).